The molecule has 1 rings (SSSR count). The van der Waals surface area contributed by atoms with Crippen LogP contribution < -0.4 is 5.73 Å². The maximum atomic E-state index is 10.1. The van der Waals surface area contributed by atoms with Crippen molar-refractivity contribution >= 4 is 11.8 Å². The van der Waals surface area contributed by atoms with Crippen molar-refractivity contribution in [2.75, 3.05) is 12.3 Å². The van der Waals surface area contributed by atoms with Crippen molar-refractivity contribution < 1.29 is 14.6 Å². The van der Waals surface area contributed by atoms with E-state index < -0.39 is 6.16 Å². The SMILES string of the molecule is Nc1cccc(CCCCCCCCCCCCOC(=O)O)c1. The molecular formula is C19H31NO3. The lowest BCUT2D eigenvalue weighted by atomic mass is 10.0. The Kier molecular flexibility index (Phi) is 10.8. The molecule has 0 fully saturated rings. The van der Waals surface area contributed by atoms with Gasteiger partial charge in [-0.2, -0.15) is 0 Å². The van der Waals surface area contributed by atoms with Crippen molar-refractivity contribution in [3.8, 4) is 0 Å². The van der Waals surface area contributed by atoms with E-state index in [1.54, 1.807) is 0 Å². The fourth-order valence-electron chi connectivity index (χ4n) is 2.75. The number of hydrogen-bond acceptors (Lipinski definition) is 3. The van der Waals surface area contributed by atoms with Gasteiger partial charge < -0.3 is 15.6 Å². The lowest BCUT2D eigenvalue weighted by Crippen LogP contribution is -2.01. The molecule has 4 nitrogen and oxygen atoms in total. The zero-order valence-electron chi connectivity index (χ0n) is 14.1. The van der Waals surface area contributed by atoms with Gasteiger partial charge in [0.05, 0.1) is 6.61 Å². The van der Waals surface area contributed by atoms with Crippen LogP contribution in [0.25, 0.3) is 0 Å². The molecule has 23 heavy (non-hydrogen) atoms. The Labute approximate surface area is 140 Å². The largest absolute Gasteiger partial charge is 0.505 e. The number of nitrogen functional groups attached to an aromatic ring is 1. The molecule has 0 saturated heterocycles. The Morgan fingerprint density at radius 2 is 1.48 bits per heavy atom. The molecule has 0 aliphatic rings. The van der Waals surface area contributed by atoms with Gasteiger partial charge in [-0.05, 0) is 37.0 Å². The van der Waals surface area contributed by atoms with Gasteiger partial charge in [-0.15, -0.1) is 0 Å². The number of carboxylic acid groups (broad SMARTS) is 1. The summed E-state index contributed by atoms with van der Waals surface area (Å²) in [6, 6.07) is 8.18. The Hall–Kier alpha value is -1.71. The van der Waals surface area contributed by atoms with E-state index in [-0.39, 0.29) is 0 Å². The van der Waals surface area contributed by atoms with Crippen molar-refractivity contribution in [3.63, 3.8) is 0 Å². The van der Waals surface area contributed by atoms with Crippen LogP contribution in [0.4, 0.5) is 10.5 Å². The summed E-state index contributed by atoms with van der Waals surface area (Å²) in [5.41, 5.74) is 7.98. The van der Waals surface area contributed by atoms with Crippen molar-refractivity contribution in [2.24, 2.45) is 0 Å². The topological polar surface area (TPSA) is 72.5 Å². The number of carbonyl (C=O) groups is 1. The Balaban J connectivity index is 1.80. The van der Waals surface area contributed by atoms with Crippen molar-refractivity contribution in [2.45, 2.75) is 70.6 Å². The minimum atomic E-state index is -1.17. The molecule has 0 atom stereocenters. The van der Waals surface area contributed by atoms with Gasteiger partial charge in [-0.3, -0.25) is 0 Å². The average Bonchev–Trinajstić information content (AvgIpc) is 2.51. The summed E-state index contributed by atoms with van der Waals surface area (Å²) >= 11 is 0. The fourth-order valence-corrected chi connectivity index (χ4v) is 2.75. The van der Waals surface area contributed by atoms with Gasteiger partial charge in [-0.25, -0.2) is 4.79 Å². The van der Waals surface area contributed by atoms with E-state index in [9.17, 15) is 4.79 Å². The summed E-state index contributed by atoms with van der Waals surface area (Å²) in [5.74, 6) is 0. The zero-order chi connectivity index (χ0) is 16.8. The first kappa shape index (κ1) is 19.3. The molecule has 0 heterocycles. The molecule has 130 valence electrons. The third kappa shape index (κ3) is 11.5. The normalized spacial score (nSPS) is 10.6. The van der Waals surface area contributed by atoms with Crippen molar-refractivity contribution in [1.82, 2.24) is 0 Å². The zero-order valence-corrected chi connectivity index (χ0v) is 14.1. The van der Waals surface area contributed by atoms with Crippen LogP contribution in [-0.4, -0.2) is 17.9 Å². The summed E-state index contributed by atoms with van der Waals surface area (Å²) in [6.45, 7) is 0.336. The fraction of sp³-hybridized carbons (Fsp3) is 0.632. The predicted octanol–water partition coefficient (Wildman–Crippen LogP) is 5.41. The highest BCUT2D eigenvalue weighted by Gasteiger charge is 1.97. The monoisotopic (exact) mass is 321 g/mol. The summed E-state index contributed by atoms with van der Waals surface area (Å²) in [4.78, 5) is 10.1. The Morgan fingerprint density at radius 3 is 2.04 bits per heavy atom. The van der Waals surface area contributed by atoms with Crippen LogP contribution in [0, 0.1) is 0 Å². The minimum absolute atomic E-state index is 0.336. The lowest BCUT2D eigenvalue weighted by molar-refractivity contribution is 0.0899. The summed E-state index contributed by atoms with van der Waals surface area (Å²) in [7, 11) is 0. The van der Waals surface area contributed by atoms with Gasteiger partial charge in [0.2, 0.25) is 0 Å². The molecule has 0 spiro atoms. The van der Waals surface area contributed by atoms with E-state index in [1.807, 2.05) is 12.1 Å². The highest BCUT2D eigenvalue weighted by Crippen LogP contribution is 2.13. The number of unbranched alkanes of at least 4 members (excludes halogenated alkanes) is 9. The van der Waals surface area contributed by atoms with Crippen LogP contribution in [0.2, 0.25) is 0 Å². The second kappa shape index (κ2) is 12.8. The second-order valence-electron chi connectivity index (χ2n) is 6.14. The molecule has 0 aromatic heterocycles. The molecule has 0 radical (unpaired) electrons. The van der Waals surface area contributed by atoms with Crippen LogP contribution in [0.3, 0.4) is 0 Å². The van der Waals surface area contributed by atoms with E-state index in [2.05, 4.69) is 16.9 Å². The van der Waals surface area contributed by atoms with E-state index in [0.717, 1.165) is 24.9 Å². The molecule has 0 bridgehead atoms. The molecule has 0 aliphatic heterocycles. The Bertz CT molecular complexity index is 434. The van der Waals surface area contributed by atoms with Crippen molar-refractivity contribution in [3.05, 3.63) is 29.8 Å². The molecular weight excluding hydrogens is 290 g/mol. The predicted molar refractivity (Wildman–Crippen MR) is 94.7 cm³/mol. The third-order valence-corrected chi connectivity index (χ3v) is 4.04. The van der Waals surface area contributed by atoms with Crippen LogP contribution >= 0.6 is 0 Å². The lowest BCUT2D eigenvalue weighted by Gasteiger charge is -2.04. The number of nitrogens with two attached hydrogens (primary N) is 1. The maximum absolute atomic E-state index is 10.1. The van der Waals surface area contributed by atoms with Gasteiger partial charge in [0.15, 0.2) is 0 Å². The van der Waals surface area contributed by atoms with E-state index in [0.29, 0.717) is 6.61 Å². The smallest absolute Gasteiger partial charge is 0.450 e. The summed E-state index contributed by atoms with van der Waals surface area (Å²) < 4.78 is 4.47. The Morgan fingerprint density at radius 1 is 0.913 bits per heavy atom. The van der Waals surface area contributed by atoms with Gasteiger partial charge in [-0.1, -0.05) is 63.5 Å². The molecule has 0 unspecified atom stereocenters. The number of benzene rings is 1. The van der Waals surface area contributed by atoms with Gasteiger partial charge in [0.25, 0.3) is 0 Å². The second-order valence-corrected chi connectivity index (χ2v) is 6.14. The van der Waals surface area contributed by atoms with Gasteiger partial charge in [0, 0.05) is 5.69 Å². The van der Waals surface area contributed by atoms with E-state index in [1.165, 1.54) is 56.9 Å². The third-order valence-electron chi connectivity index (χ3n) is 4.04. The van der Waals surface area contributed by atoms with Crippen LogP contribution in [0.15, 0.2) is 24.3 Å². The van der Waals surface area contributed by atoms with Crippen LogP contribution in [-0.2, 0) is 11.2 Å². The first-order valence-electron chi connectivity index (χ1n) is 8.88. The number of anilines is 1. The van der Waals surface area contributed by atoms with E-state index in [4.69, 9.17) is 10.8 Å². The first-order chi connectivity index (χ1) is 11.2. The molecule has 1 aromatic carbocycles. The summed E-state index contributed by atoms with van der Waals surface area (Å²) in [5, 5.41) is 8.32. The standard InChI is InChI=1S/C19H31NO3/c20-18-14-11-13-17(16-18)12-9-7-5-3-1-2-4-6-8-10-15-23-19(21)22/h11,13-14,16H,1-10,12,15,20H2,(H,21,22). The first-order valence-corrected chi connectivity index (χ1v) is 8.88. The molecule has 4 heteroatoms. The number of rotatable bonds is 13. The number of hydrogen-bond donors (Lipinski definition) is 2. The van der Waals surface area contributed by atoms with Gasteiger partial charge >= 0.3 is 6.16 Å². The highest BCUT2D eigenvalue weighted by molar-refractivity contribution is 5.56. The van der Waals surface area contributed by atoms with Crippen LogP contribution in [0.1, 0.15) is 69.8 Å². The van der Waals surface area contributed by atoms with E-state index >= 15 is 0 Å². The van der Waals surface area contributed by atoms with Crippen LogP contribution in [0.5, 0.6) is 0 Å². The average molecular weight is 321 g/mol. The number of ether oxygens (including phenoxy) is 1. The minimum Gasteiger partial charge on any atom is -0.450 e. The molecule has 1 aromatic rings. The highest BCUT2D eigenvalue weighted by atomic mass is 16.7. The maximum Gasteiger partial charge on any atom is 0.505 e. The van der Waals surface area contributed by atoms with Crippen molar-refractivity contribution in [1.29, 1.82) is 0 Å². The molecule has 0 aliphatic carbocycles. The summed E-state index contributed by atoms with van der Waals surface area (Å²) in [6.07, 6.45) is 12.1. The van der Waals surface area contributed by atoms with Gasteiger partial charge in [0.1, 0.15) is 0 Å². The molecule has 0 saturated carbocycles. The molecule has 3 N–H and O–H groups in total. The molecule has 0 amide bonds. The number of aryl methyl sites for hydroxylation is 1. The quantitative estimate of drug-likeness (QED) is 0.289.